The average molecular weight is 477 g/mol. The van der Waals surface area contributed by atoms with E-state index in [1.807, 2.05) is 39.0 Å². The zero-order valence-corrected chi connectivity index (χ0v) is 18.4. The molecule has 0 spiro atoms. The van der Waals surface area contributed by atoms with E-state index in [2.05, 4.69) is 36.6 Å². The Bertz CT molecular complexity index is 1100. The molecule has 0 fully saturated rings. The molecule has 7 nitrogen and oxygen atoms in total. The highest BCUT2D eigenvalue weighted by atomic mass is 79.9. The molecule has 0 unspecified atom stereocenters. The number of anilines is 1. The number of hydrogen-bond acceptors (Lipinski definition) is 4. The number of carbonyl (C=O) groups is 2. The van der Waals surface area contributed by atoms with Crippen molar-refractivity contribution in [3.63, 3.8) is 0 Å². The van der Waals surface area contributed by atoms with E-state index in [4.69, 9.17) is 11.6 Å². The van der Waals surface area contributed by atoms with Gasteiger partial charge in [0, 0.05) is 15.9 Å². The van der Waals surface area contributed by atoms with Crippen LogP contribution in [0.3, 0.4) is 0 Å². The third-order valence-electron chi connectivity index (χ3n) is 4.15. The molecule has 2 aromatic heterocycles. The Hall–Kier alpha value is -2.71. The van der Waals surface area contributed by atoms with E-state index < -0.39 is 5.91 Å². The lowest BCUT2D eigenvalue weighted by molar-refractivity contribution is -0.115. The fraction of sp³-hybridized carbons (Fsp3) is 0.200. The Labute approximate surface area is 181 Å². The number of aryl methyl sites for hydroxylation is 3. The minimum Gasteiger partial charge on any atom is -0.342 e. The van der Waals surface area contributed by atoms with Gasteiger partial charge in [0.05, 0.1) is 17.3 Å². The van der Waals surface area contributed by atoms with Gasteiger partial charge in [0.15, 0.2) is 5.82 Å². The summed E-state index contributed by atoms with van der Waals surface area (Å²) in [6, 6.07) is 10.7. The summed E-state index contributed by atoms with van der Waals surface area (Å²) in [6.45, 7) is 5.44. The van der Waals surface area contributed by atoms with E-state index in [0.29, 0.717) is 11.5 Å². The molecule has 9 heteroatoms. The first kappa shape index (κ1) is 21.0. The van der Waals surface area contributed by atoms with Gasteiger partial charge >= 0.3 is 0 Å². The molecule has 0 bridgehead atoms. The van der Waals surface area contributed by atoms with Crippen LogP contribution in [0.4, 0.5) is 5.69 Å². The topological polar surface area (TPSA) is 88.9 Å². The standard InChI is InChI=1S/C20H19BrClN5O2/c1-11-8-14(21)4-6-16(11)24-18(28)10-23-20(29)19-15(22)5-7-17(25-19)27-13(3)9-12(2)26-27/h4-9H,10H2,1-3H3,(H,23,29)(H,24,28). The molecule has 0 saturated heterocycles. The van der Waals surface area contributed by atoms with E-state index in [-0.39, 0.29) is 23.2 Å². The maximum absolute atomic E-state index is 12.5. The van der Waals surface area contributed by atoms with Gasteiger partial charge < -0.3 is 10.6 Å². The van der Waals surface area contributed by atoms with Crippen molar-refractivity contribution < 1.29 is 9.59 Å². The maximum atomic E-state index is 12.5. The molecule has 150 valence electrons. The third kappa shape index (κ3) is 5.02. The Morgan fingerprint density at radius 2 is 1.90 bits per heavy atom. The molecule has 29 heavy (non-hydrogen) atoms. The first-order valence-electron chi connectivity index (χ1n) is 8.79. The Balaban J connectivity index is 1.69. The molecule has 3 rings (SSSR count). The Morgan fingerprint density at radius 1 is 1.14 bits per heavy atom. The third-order valence-corrected chi connectivity index (χ3v) is 4.94. The molecular weight excluding hydrogens is 458 g/mol. The Kier molecular flexibility index (Phi) is 6.34. The monoisotopic (exact) mass is 475 g/mol. The Morgan fingerprint density at radius 3 is 2.55 bits per heavy atom. The number of aromatic nitrogens is 3. The van der Waals surface area contributed by atoms with Crippen LogP contribution in [0.25, 0.3) is 5.82 Å². The van der Waals surface area contributed by atoms with Crippen molar-refractivity contribution in [1.29, 1.82) is 0 Å². The van der Waals surface area contributed by atoms with E-state index in [1.165, 1.54) is 0 Å². The van der Waals surface area contributed by atoms with Gasteiger partial charge in [-0.3, -0.25) is 9.59 Å². The first-order chi connectivity index (χ1) is 13.7. The molecule has 0 atom stereocenters. The maximum Gasteiger partial charge on any atom is 0.271 e. The summed E-state index contributed by atoms with van der Waals surface area (Å²) in [5.74, 6) is -0.421. The van der Waals surface area contributed by atoms with Crippen LogP contribution < -0.4 is 10.6 Å². The summed E-state index contributed by atoms with van der Waals surface area (Å²) >= 11 is 9.52. The summed E-state index contributed by atoms with van der Waals surface area (Å²) in [4.78, 5) is 29.1. The number of nitrogens with zero attached hydrogens (tertiary/aromatic N) is 3. The van der Waals surface area contributed by atoms with Gasteiger partial charge in [-0.1, -0.05) is 27.5 Å². The van der Waals surface area contributed by atoms with Crippen molar-refractivity contribution in [2.24, 2.45) is 0 Å². The van der Waals surface area contributed by atoms with E-state index in [0.717, 1.165) is 21.4 Å². The fourth-order valence-electron chi connectivity index (χ4n) is 2.78. The van der Waals surface area contributed by atoms with Gasteiger partial charge in [-0.2, -0.15) is 5.10 Å². The summed E-state index contributed by atoms with van der Waals surface area (Å²) in [5.41, 5.74) is 3.33. The van der Waals surface area contributed by atoms with Crippen LogP contribution in [0.15, 0.2) is 40.9 Å². The molecule has 0 radical (unpaired) electrons. The van der Waals surface area contributed by atoms with Crippen LogP contribution in [0.1, 0.15) is 27.4 Å². The van der Waals surface area contributed by atoms with Gasteiger partial charge in [0.1, 0.15) is 5.69 Å². The highest BCUT2D eigenvalue weighted by Gasteiger charge is 2.16. The van der Waals surface area contributed by atoms with Crippen LogP contribution in [-0.2, 0) is 4.79 Å². The predicted molar refractivity (Wildman–Crippen MR) is 116 cm³/mol. The van der Waals surface area contributed by atoms with Crippen LogP contribution in [0.5, 0.6) is 0 Å². The van der Waals surface area contributed by atoms with Crippen molar-refractivity contribution in [3.05, 3.63) is 68.5 Å². The van der Waals surface area contributed by atoms with Crippen LogP contribution in [-0.4, -0.2) is 33.1 Å². The number of rotatable bonds is 5. The zero-order chi connectivity index (χ0) is 21.1. The molecule has 2 N–H and O–H groups in total. The number of benzene rings is 1. The van der Waals surface area contributed by atoms with Crippen LogP contribution in [0, 0.1) is 20.8 Å². The predicted octanol–water partition coefficient (Wildman–Crippen LogP) is 3.98. The fourth-order valence-corrected chi connectivity index (χ4v) is 3.44. The molecule has 0 aliphatic heterocycles. The lowest BCUT2D eigenvalue weighted by atomic mass is 10.2. The molecule has 2 amide bonds. The van der Waals surface area contributed by atoms with E-state index in [9.17, 15) is 9.59 Å². The lowest BCUT2D eigenvalue weighted by Gasteiger charge is -2.11. The second kappa shape index (κ2) is 8.75. The largest absolute Gasteiger partial charge is 0.342 e. The minimum absolute atomic E-state index is 0.0318. The molecule has 0 aliphatic rings. The number of halogens is 2. The van der Waals surface area contributed by atoms with E-state index >= 15 is 0 Å². The van der Waals surface area contributed by atoms with Crippen LogP contribution >= 0.6 is 27.5 Å². The van der Waals surface area contributed by atoms with Gasteiger partial charge in [-0.25, -0.2) is 9.67 Å². The van der Waals surface area contributed by atoms with Gasteiger partial charge in [-0.15, -0.1) is 0 Å². The number of pyridine rings is 1. The average Bonchev–Trinajstić information content (AvgIpc) is 3.00. The molecular formula is C20H19BrClN5O2. The first-order valence-corrected chi connectivity index (χ1v) is 9.96. The minimum atomic E-state index is -0.541. The highest BCUT2D eigenvalue weighted by Crippen LogP contribution is 2.20. The van der Waals surface area contributed by atoms with Crippen molar-refractivity contribution in [2.45, 2.75) is 20.8 Å². The number of amides is 2. The second-order valence-electron chi connectivity index (χ2n) is 6.53. The molecule has 2 heterocycles. The quantitative estimate of drug-likeness (QED) is 0.583. The highest BCUT2D eigenvalue weighted by molar-refractivity contribution is 9.10. The molecule has 0 aliphatic carbocycles. The second-order valence-corrected chi connectivity index (χ2v) is 7.85. The van der Waals surface area contributed by atoms with Crippen molar-refractivity contribution in [2.75, 3.05) is 11.9 Å². The normalized spacial score (nSPS) is 10.7. The van der Waals surface area contributed by atoms with Crippen molar-refractivity contribution >= 4 is 45.0 Å². The molecule has 1 aromatic carbocycles. The zero-order valence-electron chi connectivity index (χ0n) is 16.1. The SMILES string of the molecule is Cc1cc(C)n(-c2ccc(Cl)c(C(=O)NCC(=O)Nc3ccc(Br)cc3C)n2)n1. The van der Waals surface area contributed by atoms with Crippen molar-refractivity contribution in [3.8, 4) is 5.82 Å². The van der Waals surface area contributed by atoms with E-state index in [1.54, 1.807) is 22.9 Å². The smallest absolute Gasteiger partial charge is 0.271 e. The summed E-state index contributed by atoms with van der Waals surface area (Å²) in [7, 11) is 0. The number of hydrogen-bond donors (Lipinski definition) is 2. The summed E-state index contributed by atoms with van der Waals surface area (Å²) in [5, 5.41) is 9.87. The summed E-state index contributed by atoms with van der Waals surface area (Å²) in [6.07, 6.45) is 0. The number of nitrogens with one attached hydrogen (secondary N) is 2. The van der Waals surface area contributed by atoms with Crippen LogP contribution in [0.2, 0.25) is 5.02 Å². The van der Waals surface area contributed by atoms with Gasteiger partial charge in [0.2, 0.25) is 5.91 Å². The van der Waals surface area contributed by atoms with Crippen molar-refractivity contribution in [1.82, 2.24) is 20.1 Å². The van der Waals surface area contributed by atoms with Gasteiger partial charge in [-0.05, 0) is 62.7 Å². The molecule has 0 saturated carbocycles. The lowest BCUT2D eigenvalue weighted by Crippen LogP contribution is -2.33. The summed E-state index contributed by atoms with van der Waals surface area (Å²) < 4.78 is 2.55. The number of carbonyl (C=O) groups excluding carboxylic acids is 2. The molecule has 3 aromatic rings. The van der Waals surface area contributed by atoms with Gasteiger partial charge in [0.25, 0.3) is 5.91 Å².